The number of H-pyrrole nitrogens is 1. The Hall–Kier alpha value is -2.63. The number of rotatable bonds is 3. The van der Waals surface area contributed by atoms with E-state index in [0.29, 0.717) is 5.82 Å². The lowest BCUT2D eigenvalue weighted by Crippen LogP contribution is -2.25. The predicted octanol–water partition coefficient (Wildman–Crippen LogP) is 2.11. The Balaban J connectivity index is 1.64. The maximum absolute atomic E-state index is 11.8. The fourth-order valence-electron chi connectivity index (χ4n) is 2.10. The van der Waals surface area contributed by atoms with Crippen LogP contribution in [0.5, 0.6) is 0 Å². The van der Waals surface area contributed by atoms with Crippen LogP contribution in [-0.2, 0) is 0 Å². The van der Waals surface area contributed by atoms with Gasteiger partial charge < -0.3 is 14.8 Å². The molecule has 2 aromatic heterocycles. The summed E-state index contributed by atoms with van der Waals surface area (Å²) in [6.45, 7) is 0. The van der Waals surface area contributed by atoms with Crippen LogP contribution in [0.15, 0.2) is 35.0 Å². The highest BCUT2D eigenvalue weighted by molar-refractivity contribution is 5.90. The van der Waals surface area contributed by atoms with Crippen molar-refractivity contribution in [2.45, 2.75) is 18.9 Å². The first-order valence-electron chi connectivity index (χ1n) is 6.52. The molecular weight excluding hydrogens is 256 g/mol. The highest BCUT2D eigenvalue weighted by atomic mass is 16.5. The normalized spacial score (nSPS) is 14.6. The van der Waals surface area contributed by atoms with Gasteiger partial charge in [0.25, 0.3) is 0 Å². The number of carbonyl (C=O) groups is 1. The second-order valence-corrected chi connectivity index (χ2v) is 4.95. The Bertz CT molecular complexity index is 785. The monoisotopic (exact) mass is 268 g/mol. The van der Waals surface area contributed by atoms with E-state index in [1.807, 2.05) is 30.5 Å². The smallest absolute Gasteiger partial charge is 0.316 e. The molecule has 0 aliphatic heterocycles. The average Bonchev–Trinajstić information content (AvgIpc) is 2.96. The van der Waals surface area contributed by atoms with E-state index in [4.69, 9.17) is 4.52 Å². The van der Waals surface area contributed by atoms with Gasteiger partial charge in [0.1, 0.15) is 0 Å². The average molecular weight is 268 g/mol. The maximum atomic E-state index is 11.8. The number of fused-ring (bicyclic) bond motifs is 1. The number of nitrogens with one attached hydrogen (secondary N) is 2. The van der Waals surface area contributed by atoms with Crippen LogP contribution in [0.4, 0.5) is 0 Å². The van der Waals surface area contributed by atoms with Gasteiger partial charge in [-0.3, -0.25) is 4.79 Å². The fraction of sp³-hybridized carbons (Fsp3) is 0.214. The van der Waals surface area contributed by atoms with E-state index < -0.39 is 0 Å². The minimum absolute atomic E-state index is 0.0149. The Kier molecular flexibility index (Phi) is 2.35. The predicted molar refractivity (Wildman–Crippen MR) is 72.1 cm³/mol. The zero-order valence-corrected chi connectivity index (χ0v) is 10.6. The van der Waals surface area contributed by atoms with Crippen LogP contribution >= 0.6 is 0 Å². The quantitative estimate of drug-likeness (QED) is 0.762. The van der Waals surface area contributed by atoms with Gasteiger partial charge in [-0.25, -0.2) is 0 Å². The van der Waals surface area contributed by atoms with E-state index in [0.717, 1.165) is 29.3 Å². The Morgan fingerprint density at radius 2 is 2.25 bits per heavy atom. The summed E-state index contributed by atoms with van der Waals surface area (Å²) < 4.78 is 5.02. The van der Waals surface area contributed by atoms with Crippen molar-refractivity contribution < 1.29 is 9.32 Å². The molecule has 20 heavy (non-hydrogen) atoms. The van der Waals surface area contributed by atoms with Gasteiger partial charge in [0.15, 0.2) is 0 Å². The third-order valence-electron chi connectivity index (χ3n) is 3.34. The van der Waals surface area contributed by atoms with Crippen LogP contribution in [0, 0.1) is 0 Å². The minimum atomic E-state index is -0.297. The SMILES string of the molecule is O=C(NC1CC1)c1nc(-c2ccc3[nH]ccc3c2)no1. The van der Waals surface area contributed by atoms with Crippen molar-refractivity contribution in [2.75, 3.05) is 0 Å². The lowest BCUT2D eigenvalue weighted by molar-refractivity contribution is 0.0907. The van der Waals surface area contributed by atoms with E-state index >= 15 is 0 Å². The summed E-state index contributed by atoms with van der Waals surface area (Å²) >= 11 is 0. The van der Waals surface area contributed by atoms with Crippen LogP contribution in [0.2, 0.25) is 0 Å². The highest BCUT2D eigenvalue weighted by Crippen LogP contribution is 2.22. The molecule has 1 aliphatic rings. The lowest BCUT2D eigenvalue weighted by Gasteiger charge is -1.96. The number of aromatic amines is 1. The minimum Gasteiger partial charge on any atom is -0.361 e. The molecule has 0 spiro atoms. The molecule has 0 bridgehead atoms. The molecule has 4 rings (SSSR count). The Morgan fingerprint density at radius 1 is 1.35 bits per heavy atom. The molecule has 1 amide bonds. The molecule has 1 saturated carbocycles. The first kappa shape index (κ1) is 11.2. The number of hydrogen-bond donors (Lipinski definition) is 2. The third-order valence-corrected chi connectivity index (χ3v) is 3.34. The van der Waals surface area contributed by atoms with Crippen molar-refractivity contribution >= 4 is 16.8 Å². The largest absolute Gasteiger partial charge is 0.361 e. The highest BCUT2D eigenvalue weighted by Gasteiger charge is 2.26. The van der Waals surface area contributed by atoms with Gasteiger partial charge >= 0.3 is 11.8 Å². The molecule has 3 aromatic rings. The molecule has 0 atom stereocenters. The van der Waals surface area contributed by atoms with E-state index in [9.17, 15) is 4.79 Å². The molecule has 1 fully saturated rings. The fourth-order valence-corrected chi connectivity index (χ4v) is 2.10. The lowest BCUT2D eigenvalue weighted by atomic mass is 10.1. The molecule has 100 valence electrons. The second kappa shape index (κ2) is 4.19. The van der Waals surface area contributed by atoms with E-state index in [1.54, 1.807) is 0 Å². The van der Waals surface area contributed by atoms with Crippen molar-refractivity contribution in [3.63, 3.8) is 0 Å². The zero-order chi connectivity index (χ0) is 13.5. The molecule has 1 aliphatic carbocycles. The number of nitrogens with zero attached hydrogens (tertiary/aromatic N) is 2. The summed E-state index contributed by atoms with van der Waals surface area (Å²) in [5.74, 6) is 0.143. The number of amides is 1. The first-order valence-corrected chi connectivity index (χ1v) is 6.52. The van der Waals surface area contributed by atoms with Gasteiger partial charge in [0.05, 0.1) is 0 Å². The Morgan fingerprint density at radius 3 is 3.10 bits per heavy atom. The number of carbonyl (C=O) groups excluding carboxylic acids is 1. The standard InChI is InChI=1S/C14H12N4O2/c19-13(16-10-2-3-10)14-17-12(18-20-14)9-1-4-11-8(7-9)5-6-15-11/h1,4-7,10,15H,2-3H2,(H,16,19). The molecule has 2 heterocycles. The van der Waals surface area contributed by atoms with E-state index in [-0.39, 0.29) is 17.8 Å². The third kappa shape index (κ3) is 1.95. The van der Waals surface area contributed by atoms with Crippen molar-refractivity contribution in [3.05, 3.63) is 36.4 Å². The van der Waals surface area contributed by atoms with Crippen molar-refractivity contribution in [1.29, 1.82) is 0 Å². The summed E-state index contributed by atoms with van der Waals surface area (Å²) in [6, 6.07) is 8.05. The van der Waals surface area contributed by atoms with Gasteiger partial charge in [0, 0.05) is 28.7 Å². The van der Waals surface area contributed by atoms with Gasteiger partial charge in [0.2, 0.25) is 5.82 Å². The van der Waals surface area contributed by atoms with Crippen LogP contribution < -0.4 is 5.32 Å². The summed E-state index contributed by atoms with van der Waals surface area (Å²) in [5.41, 5.74) is 1.87. The van der Waals surface area contributed by atoms with Crippen molar-refractivity contribution in [3.8, 4) is 11.4 Å². The van der Waals surface area contributed by atoms with Crippen molar-refractivity contribution in [1.82, 2.24) is 20.4 Å². The van der Waals surface area contributed by atoms with Crippen LogP contribution in [0.3, 0.4) is 0 Å². The number of benzene rings is 1. The van der Waals surface area contributed by atoms with Gasteiger partial charge in [-0.15, -0.1) is 0 Å². The van der Waals surface area contributed by atoms with Crippen molar-refractivity contribution in [2.24, 2.45) is 0 Å². The Labute approximate surface area is 114 Å². The van der Waals surface area contributed by atoms with E-state index in [2.05, 4.69) is 20.4 Å². The molecule has 0 radical (unpaired) electrons. The summed E-state index contributed by atoms with van der Waals surface area (Å²) in [5, 5.41) is 7.76. The zero-order valence-electron chi connectivity index (χ0n) is 10.6. The number of aromatic nitrogens is 3. The second-order valence-electron chi connectivity index (χ2n) is 4.95. The topological polar surface area (TPSA) is 83.8 Å². The molecular formula is C14H12N4O2. The van der Waals surface area contributed by atoms with Crippen LogP contribution in [0.25, 0.3) is 22.3 Å². The first-order chi connectivity index (χ1) is 9.79. The van der Waals surface area contributed by atoms with Gasteiger partial charge in [-0.1, -0.05) is 5.16 Å². The molecule has 2 N–H and O–H groups in total. The number of hydrogen-bond acceptors (Lipinski definition) is 4. The van der Waals surface area contributed by atoms with E-state index in [1.165, 1.54) is 0 Å². The van der Waals surface area contributed by atoms with Gasteiger partial charge in [-0.05, 0) is 37.1 Å². The molecule has 6 nitrogen and oxygen atoms in total. The molecule has 0 saturated heterocycles. The summed E-state index contributed by atoms with van der Waals surface area (Å²) in [7, 11) is 0. The molecule has 0 unspecified atom stereocenters. The van der Waals surface area contributed by atoms with Crippen LogP contribution in [-0.4, -0.2) is 27.1 Å². The summed E-state index contributed by atoms with van der Waals surface area (Å²) in [4.78, 5) is 19.1. The molecule has 6 heteroatoms. The summed E-state index contributed by atoms with van der Waals surface area (Å²) in [6.07, 6.45) is 3.92. The van der Waals surface area contributed by atoms with Gasteiger partial charge in [-0.2, -0.15) is 4.98 Å². The maximum Gasteiger partial charge on any atom is 0.316 e. The molecule has 1 aromatic carbocycles. The van der Waals surface area contributed by atoms with Crippen LogP contribution in [0.1, 0.15) is 23.5 Å².